The van der Waals surface area contributed by atoms with Gasteiger partial charge in [-0.15, -0.1) is 0 Å². The smallest absolute Gasteiger partial charge is 0.341 e. The Morgan fingerprint density at radius 3 is 2.86 bits per heavy atom. The molecule has 0 radical (unpaired) electrons. The third-order valence-corrected chi connectivity index (χ3v) is 3.35. The molecule has 110 valence electrons. The Morgan fingerprint density at radius 2 is 2.24 bits per heavy atom. The van der Waals surface area contributed by atoms with Crippen LogP contribution in [0.25, 0.3) is 0 Å². The Balaban J connectivity index is 2.04. The van der Waals surface area contributed by atoms with Crippen LogP contribution in [0.2, 0.25) is 0 Å². The molecule has 0 amide bonds. The quantitative estimate of drug-likeness (QED) is 0.502. The lowest BCUT2D eigenvalue weighted by atomic mass is 10.2. The molecule has 21 heavy (non-hydrogen) atoms. The normalized spacial score (nSPS) is 10.2. The summed E-state index contributed by atoms with van der Waals surface area (Å²) in [5, 5.41) is 13.7. The number of ether oxygens (including phenoxy) is 1. The van der Waals surface area contributed by atoms with Crippen LogP contribution in [0.5, 0.6) is 0 Å². The van der Waals surface area contributed by atoms with Crippen LogP contribution >= 0.6 is 15.9 Å². The molecule has 0 fully saturated rings. The van der Waals surface area contributed by atoms with Crippen molar-refractivity contribution < 1.29 is 18.9 Å². The predicted molar refractivity (Wildman–Crippen MR) is 78.2 cm³/mol. The summed E-state index contributed by atoms with van der Waals surface area (Å²) in [6, 6.07) is 5.96. The van der Waals surface area contributed by atoms with Crippen LogP contribution in [0.4, 0.5) is 11.4 Å². The monoisotopic (exact) mass is 354 g/mol. The molecule has 1 aromatic carbocycles. The van der Waals surface area contributed by atoms with Gasteiger partial charge in [0.2, 0.25) is 0 Å². The maximum absolute atomic E-state index is 11.3. The molecule has 2 aromatic rings. The first-order valence-corrected chi connectivity index (χ1v) is 6.64. The van der Waals surface area contributed by atoms with E-state index in [2.05, 4.69) is 26.0 Å². The van der Waals surface area contributed by atoms with Gasteiger partial charge >= 0.3 is 5.97 Å². The fraction of sp³-hybridized carbons (Fsp3) is 0.154. The number of benzene rings is 1. The lowest BCUT2D eigenvalue weighted by Gasteiger charge is -2.06. The molecule has 0 unspecified atom stereocenters. The Labute approximate surface area is 128 Å². The minimum atomic E-state index is -0.471. The van der Waals surface area contributed by atoms with E-state index in [1.807, 2.05) is 0 Å². The van der Waals surface area contributed by atoms with Gasteiger partial charge in [-0.05, 0) is 28.1 Å². The van der Waals surface area contributed by atoms with E-state index >= 15 is 0 Å². The van der Waals surface area contributed by atoms with Crippen molar-refractivity contribution in [2.75, 3.05) is 12.4 Å². The lowest BCUT2D eigenvalue weighted by molar-refractivity contribution is -0.384. The zero-order valence-electron chi connectivity index (χ0n) is 11.0. The van der Waals surface area contributed by atoms with Crippen molar-refractivity contribution in [3.8, 4) is 0 Å². The number of esters is 1. The van der Waals surface area contributed by atoms with Gasteiger partial charge in [-0.3, -0.25) is 10.1 Å². The molecule has 2 rings (SSSR count). The lowest BCUT2D eigenvalue weighted by Crippen LogP contribution is -2.01. The Morgan fingerprint density at radius 1 is 1.48 bits per heavy atom. The van der Waals surface area contributed by atoms with Crippen LogP contribution in [0.15, 0.2) is 39.4 Å². The number of rotatable bonds is 5. The van der Waals surface area contributed by atoms with E-state index in [-0.39, 0.29) is 5.69 Å². The molecule has 0 aliphatic heterocycles. The predicted octanol–water partition coefficient (Wildman–Crippen LogP) is 3.35. The number of nitrogens with one attached hydrogen (secondary N) is 1. The number of furan rings is 1. The van der Waals surface area contributed by atoms with Crippen LogP contribution < -0.4 is 5.32 Å². The van der Waals surface area contributed by atoms with Crippen molar-refractivity contribution in [1.82, 2.24) is 0 Å². The molecular formula is C13H11BrN2O5. The van der Waals surface area contributed by atoms with Gasteiger partial charge < -0.3 is 14.5 Å². The van der Waals surface area contributed by atoms with Gasteiger partial charge in [0.25, 0.3) is 5.69 Å². The number of nitrogens with zero attached hydrogens (tertiary/aromatic N) is 1. The number of carbonyl (C=O) groups excluding carboxylic acids is 1. The first-order chi connectivity index (χ1) is 10.0. The number of non-ortho nitro benzene ring substituents is 1. The number of nitro groups is 1. The number of hydrogen-bond acceptors (Lipinski definition) is 6. The van der Waals surface area contributed by atoms with Crippen molar-refractivity contribution in [3.05, 3.63) is 56.4 Å². The summed E-state index contributed by atoms with van der Waals surface area (Å²) < 4.78 is 10.4. The molecule has 1 aromatic heterocycles. The molecular weight excluding hydrogens is 344 g/mol. The topological polar surface area (TPSA) is 94.6 Å². The van der Waals surface area contributed by atoms with Crippen molar-refractivity contribution in [1.29, 1.82) is 0 Å². The molecule has 0 saturated carbocycles. The third-order valence-electron chi connectivity index (χ3n) is 2.69. The van der Waals surface area contributed by atoms with Gasteiger partial charge in [0.1, 0.15) is 12.0 Å². The molecule has 0 aliphatic carbocycles. The van der Waals surface area contributed by atoms with E-state index in [0.717, 1.165) is 0 Å². The number of hydrogen-bond donors (Lipinski definition) is 1. The largest absolute Gasteiger partial charge is 0.467 e. The van der Waals surface area contributed by atoms with Crippen LogP contribution in [0.1, 0.15) is 16.1 Å². The zero-order valence-corrected chi connectivity index (χ0v) is 12.5. The fourth-order valence-corrected chi connectivity index (χ4v) is 2.15. The second-order valence-electron chi connectivity index (χ2n) is 4.07. The Kier molecular flexibility index (Phi) is 4.59. The van der Waals surface area contributed by atoms with E-state index in [4.69, 9.17) is 4.42 Å². The highest BCUT2D eigenvalue weighted by Crippen LogP contribution is 2.27. The van der Waals surface area contributed by atoms with E-state index in [1.165, 1.54) is 25.5 Å². The van der Waals surface area contributed by atoms with Gasteiger partial charge in [0, 0.05) is 22.3 Å². The maximum Gasteiger partial charge on any atom is 0.341 e. The highest BCUT2D eigenvalue weighted by Gasteiger charge is 2.12. The van der Waals surface area contributed by atoms with Crippen LogP contribution in [0, 0.1) is 10.1 Å². The summed E-state index contributed by atoms with van der Waals surface area (Å²) in [5.74, 6) is 0.0715. The van der Waals surface area contributed by atoms with Crippen LogP contribution in [-0.4, -0.2) is 18.0 Å². The van der Waals surface area contributed by atoms with Crippen molar-refractivity contribution in [2.45, 2.75) is 6.54 Å². The molecule has 1 N–H and O–H groups in total. The van der Waals surface area contributed by atoms with Crippen molar-refractivity contribution >= 4 is 33.3 Å². The first-order valence-electron chi connectivity index (χ1n) is 5.85. The van der Waals surface area contributed by atoms with Gasteiger partial charge in [-0.1, -0.05) is 0 Å². The molecule has 0 atom stereocenters. The number of methoxy groups -OCH3 is 1. The summed E-state index contributed by atoms with van der Waals surface area (Å²) >= 11 is 3.26. The molecule has 0 saturated heterocycles. The highest BCUT2D eigenvalue weighted by atomic mass is 79.9. The SMILES string of the molecule is COC(=O)c1coc(CNc2ccc([N+](=O)[O-])cc2Br)c1. The molecule has 1 heterocycles. The van der Waals surface area contributed by atoms with Gasteiger partial charge in [0.05, 0.1) is 24.1 Å². The van der Waals surface area contributed by atoms with E-state index in [0.29, 0.717) is 28.0 Å². The van der Waals surface area contributed by atoms with E-state index in [9.17, 15) is 14.9 Å². The third kappa shape index (κ3) is 3.60. The minimum absolute atomic E-state index is 0.00148. The number of carbonyl (C=O) groups is 1. The van der Waals surface area contributed by atoms with Gasteiger partial charge in [-0.25, -0.2) is 4.79 Å². The summed E-state index contributed by atoms with van der Waals surface area (Å²) in [4.78, 5) is 21.5. The molecule has 0 bridgehead atoms. The fourth-order valence-electron chi connectivity index (χ4n) is 1.64. The minimum Gasteiger partial charge on any atom is -0.467 e. The molecule has 8 heteroatoms. The standard InChI is InChI=1S/C13H11BrN2O5/c1-20-13(17)8-4-10(21-7-8)6-15-12-3-2-9(16(18)19)5-11(12)14/h2-5,7,15H,6H2,1H3. The van der Waals surface area contributed by atoms with Crippen LogP contribution in [-0.2, 0) is 11.3 Å². The maximum atomic E-state index is 11.3. The van der Waals surface area contributed by atoms with E-state index < -0.39 is 10.9 Å². The first kappa shape index (κ1) is 15.0. The number of halogens is 1. The average molecular weight is 355 g/mol. The summed E-state index contributed by atoms with van der Waals surface area (Å²) in [6.45, 7) is 0.327. The molecule has 0 spiro atoms. The summed E-state index contributed by atoms with van der Waals surface area (Å²) in [6.07, 6.45) is 1.31. The van der Waals surface area contributed by atoms with E-state index in [1.54, 1.807) is 12.1 Å². The second kappa shape index (κ2) is 6.40. The Bertz CT molecular complexity index is 683. The zero-order chi connectivity index (χ0) is 15.4. The molecule has 0 aliphatic rings. The number of nitro benzene ring substituents is 1. The van der Waals surface area contributed by atoms with Gasteiger partial charge in [-0.2, -0.15) is 0 Å². The average Bonchev–Trinajstić information content (AvgIpc) is 2.93. The number of anilines is 1. The van der Waals surface area contributed by atoms with Crippen molar-refractivity contribution in [3.63, 3.8) is 0 Å². The highest BCUT2D eigenvalue weighted by molar-refractivity contribution is 9.10. The second-order valence-corrected chi connectivity index (χ2v) is 4.92. The van der Waals surface area contributed by atoms with Crippen LogP contribution in [0.3, 0.4) is 0 Å². The summed E-state index contributed by atoms with van der Waals surface area (Å²) in [7, 11) is 1.29. The van der Waals surface area contributed by atoms with Gasteiger partial charge in [0.15, 0.2) is 0 Å². The Hall–Kier alpha value is -2.35. The molecule has 7 nitrogen and oxygen atoms in total. The van der Waals surface area contributed by atoms with Crippen molar-refractivity contribution in [2.24, 2.45) is 0 Å². The summed E-state index contributed by atoms with van der Waals surface area (Å²) in [5.41, 5.74) is 1.01.